The largest absolute Gasteiger partial charge is 0.550 e. The highest BCUT2D eigenvalue weighted by Gasteiger charge is 2.01. The lowest BCUT2D eigenvalue weighted by Crippen LogP contribution is -2.24. The molecule has 0 fully saturated rings. The average Bonchev–Trinajstić information content (AvgIpc) is 2.34. The fraction of sp³-hybridized carbons (Fsp3) is 0.375. The Morgan fingerprint density at radius 1 is 1.73 bits per heavy atom. The quantitative estimate of drug-likeness (QED) is 0.665. The highest BCUT2D eigenvalue weighted by Crippen LogP contribution is 2.17. The molecule has 0 atom stereocenters. The van der Waals surface area contributed by atoms with Gasteiger partial charge in [0.2, 0.25) is 0 Å². The second-order valence-electron chi connectivity index (χ2n) is 2.27. The standard InChI is InChI=1S/C8H10O2S/c1-2-6-3-4-11-7(6)5-8(9)10/h3-4H,2,5H2,1H3,(H,9,10)/p-1. The van der Waals surface area contributed by atoms with Crippen LogP contribution in [0.2, 0.25) is 0 Å². The first kappa shape index (κ1) is 8.27. The molecule has 1 aromatic rings. The fourth-order valence-corrected chi connectivity index (χ4v) is 1.93. The van der Waals surface area contributed by atoms with E-state index >= 15 is 0 Å². The van der Waals surface area contributed by atoms with E-state index in [9.17, 15) is 9.90 Å². The monoisotopic (exact) mass is 169 g/mol. The number of thiophene rings is 1. The number of carbonyl (C=O) groups excluding carboxylic acids is 1. The van der Waals surface area contributed by atoms with E-state index in [0.717, 1.165) is 16.9 Å². The molecule has 1 rings (SSSR count). The number of hydrogen-bond donors (Lipinski definition) is 0. The minimum Gasteiger partial charge on any atom is -0.550 e. The van der Waals surface area contributed by atoms with Crippen molar-refractivity contribution in [1.82, 2.24) is 0 Å². The topological polar surface area (TPSA) is 40.1 Å². The Balaban J connectivity index is 2.76. The molecule has 0 saturated heterocycles. The van der Waals surface area contributed by atoms with E-state index < -0.39 is 5.97 Å². The molecule has 0 bridgehead atoms. The number of carbonyl (C=O) groups is 1. The van der Waals surface area contributed by atoms with Crippen molar-refractivity contribution < 1.29 is 9.90 Å². The van der Waals surface area contributed by atoms with Crippen LogP contribution >= 0.6 is 11.3 Å². The number of aliphatic carboxylic acids is 1. The van der Waals surface area contributed by atoms with Gasteiger partial charge in [0.15, 0.2) is 0 Å². The normalized spacial score (nSPS) is 9.91. The molecule has 0 amide bonds. The molecule has 11 heavy (non-hydrogen) atoms. The highest BCUT2D eigenvalue weighted by molar-refractivity contribution is 7.10. The molecule has 0 N–H and O–H groups in total. The van der Waals surface area contributed by atoms with Crippen molar-refractivity contribution in [2.24, 2.45) is 0 Å². The number of aryl methyl sites for hydroxylation is 1. The van der Waals surface area contributed by atoms with Gasteiger partial charge in [-0.05, 0) is 23.4 Å². The molecule has 0 spiro atoms. The summed E-state index contributed by atoms with van der Waals surface area (Å²) in [6.45, 7) is 2.01. The summed E-state index contributed by atoms with van der Waals surface area (Å²) in [6, 6.07) is 1.96. The molecule has 1 heterocycles. The maximum absolute atomic E-state index is 10.2. The van der Waals surface area contributed by atoms with Crippen LogP contribution in [0.3, 0.4) is 0 Å². The zero-order valence-electron chi connectivity index (χ0n) is 6.29. The summed E-state index contributed by atoms with van der Waals surface area (Å²) >= 11 is 1.48. The Morgan fingerprint density at radius 3 is 3.00 bits per heavy atom. The van der Waals surface area contributed by atoms with Crippen LogP contribution in [0, 0.1) is 0 Å². The predicted octanol–water partition coefficient (Wildman–Crippen LogP) is 0.603. The van der Waals surface area contributed by atoms with Gasteiger partial charge in [0, 0.05) is 17.3 Å². The van der Waals surface area contributed by atoms with Crippen LogP contribution in [-0.4, -0.2) is 5.97 Å². The molecule has 0 unspecified atom stereocenters. The van der Waals surface area contributed by atoms with Crippen LogP contribution in [0.25, 0.3) is 0 Å². The molecule has 0 aliphatic heterocycles. The second kappa shape index (κ2) is 3.53. The molecular formula is C8H9O2S-. The molecule has 0 aromatic carbocycles. The minimum absolute atomic E-state index is 0.0564. The van der Waals surface area contributed by atoms with Crippen LogP contribution in [0.1, 0.15) is 17.4 Å². The predicted molar refractivity (Wildman–Crippen MR) is 42.4 cm³/mol. The van der Waals surface area contributed by atoms with E-state index in [-0.39, 0.29) is 6.42 Å². The van der Waals surface area contributed by atoms with Crippen LogP contribution in [0.15, 0.2) is 11.4 Å². The molecule has 0 aliphatic rings. The van der Waals surface area contributed by atoms with Crippen molar-refractivity contribution in [2.45, 2.75) is 19.8 Å². The molecule has 60 valence electrons. The summed E-state index contributed by atoms with van der Waals surface area (Å²) < 4.78 is 0. The maximum atomic E-state index is 10.2. The Bertz CT molecular complexity index is 252. The fourth-order valence-electron chi connectivity index (χ4n) is 0.968. The molecule has 0 aliphatic carbocycles. The lowest BCUT2D eigenvalue weighted by Gasteiger charge is -2.00. The summed E-state index contributed by atoms with van der Waals surface area (Å²) in [5.41, 5.74) is 1.12. The molecular weight excluding hydrogens is 160 g/mol. The van der Waals surface area contributed by atoms with Gasteiger partial charge in [-0.25, -0.2) is 0 Å². The number of carboxylic acids is 1. The minimum atomic E-state index is -0.998. The van der Waals surface area contributed by atoms with E-state index in [1.54, 1.807) is 0 Å². The van der Waals surface area contributed by atoms with Gasteiger partial charge in [0.1, 0.15) is 0 Å². The van der Waals surface area contributed by atoms with Crippen molar-refractivity contribution in [3.05, 3.63) is 21.9 Å². The van der Waals surface area contributed by atoms with Crippen molar-refractivity contribution in [2.75, 3.05) is 0 Å². The van der Waals surface area contributed by atoms with E-state index in [0.29, 0.717) is 0 Å². The van der Waals surface area contributed by atoms with Crippen LogP contribution in [-0.2, 0) is 17.6 Å². The summed E-state index contributed by atoms with van der Waals surface area (Å²) in [7, 11) is 0. The van der Waals surface area contributed by atoms with Crippen molar-refractivity contribution >= 4 is 17.3 Å². The number of rotatable bonds is 3. The second-order valence-corrected chi connectivity index (χ2v) is 3.27. The van der Waals surface area contributed by atoms with Crippen molar-refractivity contribution in [3.63, 3.8) is 0 Å². The van der Waals surface area contributed by atoms with Gasteiger partial charge in [-0.2, -0.15) is 0 Å². The van der Waals surface area contributed by atoms with Crippen LogP contribution < -0.4 is 5.11 Å². The summed E-state index contributed by atoms with van der Waals surface area (Å²) in [5.74, 6) is -0.998. The van der Waals surface area contributed by atoms with Gasteiger partial charge in [0.05, 0.1) is 0 Å². The van der Waals surface area contributed by atoms with Gasteiger partial charge in [-0.3, -0.25) is 0 Å². The molecule has 0 saturated carbocycles. The third-order valence-corrected chi connectivity index (χ3v) is 2.49. The van der Waals surface area contributed by atoms with Gasteiger partial charge >= 0.3 is 0 Å². The summed E-state index contributed by atoms with van der Waals surface area (Å²) in [6.07, 6.45) is 0.951. The van der Waals surface area contributed by atoms with Gasteiger partial charge in [0.25, 0.3) is 0 Å². The Kier molecular flexibility index (Phi) is 2.65. The smallest absolute Gasteiger partial charge is 0.0466 e. The Morgan fingerprint density at radius 2 is 2.45 bits per heavy atom. The van der Waals surface area contributed by atoms with Gasteiger partial charge in [-0.15, -0.1) is 11.3 Å². The van der Waals surface area contributed by atoms with E-state index in [2.05, 4.69) is 0 Å². The third kappa shape index (κ3) is 2.05. The Labute approximate surface area is 69.5 Å². The maximum Gasteiger partial charge on any atom is 0.0466 e. The number of carboxylic acid groups (broad SMARTS) is 1. The van der Waals surface area contributed by atoms with Gasteiger partial charge < -0.3 is 9.90 Å². The first-order chi connectivity index (χ1) is 5.24. The first-order valence-corrected chi connectivity index (χ1v) is 4.37. The van der Waals surface area contributed by atoms with E-state index in [1.807, 2.05) is 18.4 Å². The van der Waals surface area contributed by atoms with Crippen LogP contribution in [0.5, 0.6) is 0 Å². The van der Waals surface area contributed by atoms with E-state index in [1.165, 1.54) is 11.3 Å². The lowest BCUT2D eigenvalue weighted by atomic mass is 10.2. The average molecular weight is 169 g/mol. The zero-order valence-corrected chi connectivity index (χ0v) is 7.11. The number of hydrogen-bond acceptors (Lipinski definition) is 3. The highest BCUT2D eigenvalue weighted by atomic mass is 32.1. The molecule has 3 heteroatoms. The molecule has 1 aromatic heterocycles. The van der Waals surface area contributed by atoms with Crippen molar-refractivity contribution in [3.8, 4) is 0 Å². The summed E-state index contributed by atoms with van der Waals surface area (Å²) in [4.78, 5) is 11.2. The van der Waals surface area contributed by atoms with Crippen LogP contribution in [0.4, 0.5) is 0 Å². The first-order valence-electron chi connectivity index (χ1n) is 3.49. The molecule has 2 nitrogen and oxygen atoms in total. The van der Waals surface area contributed by atoms with E-state index in [4.69, 9.17) is 0 Å². The zero-order chi connectivity index (χ0) is 8.27. The van der Waals surface area contributed by atoms with Crippen molar-refractivity contribution in [1.29, 1.82) is 0 Å². The molecule has 0 radical (unpaired) electrons. The van der Waals surface area contributed by atoms with Gasteiger partial charge in [-0.1, -0.05) is 6.92 Å². The lowest BCUT2D eigenvalue weighted by molar-refractivity contribution is -0.304. The Hall–Kier alpha value is -0.830. The summed E-state index contributed by atoms with van der Waals surface area (Å²) in [5, 5.41) is 12.1. The SMILES string of the molecule is CCc1ccsc1CC(=O)[O-]. The third-order valence-electron chi connectivity index (χ3n) is 1.52.